The molecule has 2 rings (SSSR count). The SMILES string of the molecule is O=C1CC(n2cccc2)CN1. The second-order valence-corrected chi connectivity index (χ2v) is 2.79. The van der Waals surface area contributed by atoms with Crippen LogP contribution in [-0.4, -0.2) is 17.0 Å². The summed E-state index contributed by atoms with van der Waals surface area (Å²) in [6.07, 6.45) is 4.60. The predicted octanol–water partition coefficient (Wildman–Crippen LogP) is 0.549. The fraction of sp³-hybridized carbons (Fsp3) is 0.375. The van der Waals surface area contributed by atoms with Crippen LogP contribution in [0.2, 0.25) is 0 Å². The van der Waals surface area contributed by atoms with E-state index in [1.54, 1.807) is 0 Å². The Kier molecular flexibility index (Phi) is 1.42. The van der Waals surface area contributed by atoms with Gasteiger partial charge in [0.2, 0.25) is 5.91 Å². The summed E-state index contributed by atoms with van der Waals surface area (Å²) in [6, 6.07) is 4.28. The third kappa shape index (κ3) is 1.13. The summed E-state index contributed by atoms with van der Waals surface area (Å²) in [5.41, 5.74) is 0. The molecule has 3 heteroatoms. The number of nitrogens with zero attached hydrogens (tertiary/aromatic N) is 1. The molecule has 0 aromatic carbocycles. The zero-order valence-electron chi connectivity index (χ0n) is 6.16. The molecule has 0 aliphatic carbocycles. The van der Waals surface area contributed by atoms with Crippen molar-refractivity contribution in [1.29, 1.82) is 0 Å². The van der Waals surface area contributed by atoms with Crippen molar-refractivity contribution in [1.82, 2.24) is 9.88 Å². The number of carbonyl (C=O) groups excluding carboxylic acids is 1. The Morgan fingerprint density at radius 2 is 2.18 bits per heavy atom. The normalized spacial score (nSPS) is 23.6. The number of hydrogen-bond acceptors (Lipinski definition) is 1. The summed E-state index contributed by atoms with van der Waals surface area (Å²) < 4.78 is 2.07. The van der Waals surface area contributed by atoms with Crippen LogP contribution in [0.5, 0.6) is 0 Å². The van der Waals surface area contributed by atoms with Gasteiger partial charge in [0, 0.05) is 25.4 Å². The van der Waals surface area contributed by atoms with Crippen molar-refractivity contribution in [2.24, 2.45) is 0 Å². The second-order valence-electron chi connectivity index (χ2n) is 2.79. The van der Waals surface area contributed by atoms with E-state index in [1.165, 1.54) is 0 Å². The van der Waals surface area contributed by atoms with E-state index in [0.717, 1.165) is 6.54 Å². The first-order chi connectivity index (χ1) is 5.36. The number of carbonyl (C=O) groups is 1. The zero-order chi connectivity index (χ0) is 7.68. The van der Waals surface area contributed by atoms with Gasteiger partial charge < -0.3 is 9.88 Å². The van der Waals surface area contributed by atoms with Gasteiger partial charge in [0.1, 0.15) is 0 Å². The summed E-state index contributed by atoms with van der Waals surface area (Å²) in [6.45, 7) is 0.771. The number of aromatic nitrogens is 1. The fourth-order valence-corrected chi connectivity index (χ4v) is 1.39. The van der Waals surface area contributed by atoms with Crippen molar-refractivity contribution >= 4 is 5.91 Å². The van der Waals surface area contributed by atoms with Crippen molar-refractivity contribution in [2.75, 3.05) is 6.54 Å². The van der Waals surface area contributed by atoms with Gasteiger partial charge in [0.05, 0.1) is 6.04 Å². The molecule has 0 radical (unpaired) electrons. The minimum Gasteiger partial charge on any atom is -0.354 e. The van der Waals surface area contributed by atoms with E-state index in [1.807, 2.05) is 24.5 Å². The van der Waals surface area contributed by atoms with E-state index in [9.17, 15) is 4.79 Å². The molecule has 3 nitrogen and oxygen atoms in total. The Balaban J connectivity index is 2.13. The molecule has 1 aromatic rings. The highest BCUT2D eigenvalue weighted by molar-refractivity contribution is 5.78. The highest BCUT2D eigenvalue weighted by atomic mass is 16.1. The average Bonchev–Trinajstić information content (AvgIpc) is 2.55. The van der Waals surface area contributed by atoms with Gasteiger partial charge >= 0.3 is 0 Å². The van der Waals surface area contributed by atoms with Gasteiger partial charge in [-0.1, -0.05) is 0 Å². The summed E-state index contributed by atoms with van der Waals surface area (Å²) in [7, 11) is 0. The monoisotopic (exact) mass is 150 g/mol. The van der Waals surface area contributed by atoms with Crippen LogP contribution < -0.4 is 5.32 Å². The van der Waals surface area contributed by atoms with Crippen LogP contribution in [-0.2, 0) is 4.79 Å². The van der Waals surface area contributed by atoms with Crippen LogP contribution in [0, 0.1) is 0 Å². The van der Waals surface area contributed by atoms with Crippen molar-refractivity contribution in [3.63, 3.8) is 0 Å². The molecule has 1 aromatic heterocycles. The van der Waals surface area contributed by atoms with Crippen molar-refractivity contribution in [3.05, 3.63) is 24.5 Å². The molecule has 0 bridgehead atoms. The molecule has 1 amide bonds. The number of nitrogens with one attached hydrogen (secondary N) is 1. The minimum atomic E-state index is 0.156. The summed E-state index contributed by atoms with van der Waals surface area (Å²) >= 11 is 0. The number of rotatable bonds is 1. The molecule has 1 atom stereocenters. The lowest BCUT2D eigenvalue weighted by Gasteiger charge is -2.07. The Hall–Kier alpha value is -1.25. The summed E-state index contributed by atoms with van der Waals surface area (Å²) in [5.74, 6) is 0.156. The topological polar surface area (TPSA) is 34.0 Å². The largest absolute Gasteiger partial charge is 0.354 e. The first-order valence-corrected chi connectivity index (χ1v) is 3.75. The molecule has 1 aliphatic rings. The first-order valence-electron chi connectivity index (χ1n) is 3.75. The average molecular weight is 150 g/mol. The second kappa shape index (κ2) is 2.42. The Morgan fingerprint density at radius 1 is 1.45 bits per heavy atom. The highest BCUT2D eigenvalue weighted by Gasteiger charge is 2.21. The Bertz CT molecular complexity index is 253. The van der Waals surface area contributed by atoms with E-state index in [0.29, 0.717) is 12.5 Å². The van der Waals surface area contributed by atoms with Gasteiger partial charge in [-0.25, -0.2) is 0 Å². The van der Waals surface area contributed by atoms with Gasteiger partial charge in [-0.3, -0.25) is 4.79 Å². The summed E-state index contributed by atoms with van der Waals surface area (Å²) in [5, 5.41) is 2.80. The quantitative estimate of drug-likeness (QED) is 0.623. The van der Waals surface area contributed by atoms with Gasteiger partial charge in [-0.2, -0.15) is 0 Å². The molecular formula is C8H10N2O. The third-order valence-electron chi connectivity index (χ3n) is 2.01. The molecular weight excluding hydrogens is 140 g/mol. The fourth-order valence-electron chi connectivity index (χ4n) is 1.39. The Labute approximate surface area is 65.0 Å². The molecule has 1 unspecified atom stereocenters. The standard InChI is InChI=1S/C8H10N2O/c11-8-5-7(6-9-8)10-3-1-2-4-10/h1-4,7H,5-6H2,(H,9,11). The van der Waals surface area contributed by atoms with Gasteiger partial charge in [0.25, 0.3) is 0 Å². The van der Waals surface area contributed by atoms with E-state index >= 15 is 0 Å². The van der Waals surface area contributed by atoms with Gasteiger partial charge in [-0.15, -0.1) is 0 Å². The molecule has 1 aliphatic heterocycles. The molecule has 1 N–H and O–H groups in total. The van der Waals surface area contributed by atoms with Gasteiger partial charge in [0.15, 0.2) is 0 Å². The van der Waals surface area contributed by atoms with E-state index in [4.69, 9.17) is 0 Å². The predicted molar refractivity (Wildman–Crippen MR) is 41.1 cm³/mol. The molecule has 2 heterocycles. The summed E-state index contributed by atoms with van der Waals surface area (Å²) in [4.78, 5) is 10.8. The van der Waals surface area contributed by atoms with Gasteiger partial charge in [-0.05, 0) is 12.1 Å². The zero-order valence-corrected chi connectivity index (χ0v) is 6.16. The van der Waals surface area contributed by atoms with E-state index < -0.39 is 0 Å². The molecule has 0 saturated carbocycles. The van der Waals surface area contributed by atoms with Crippen LogP contribution >= 0.6 is 0 Å². The van der Waals surface area contributed by atoms with Crippen LogP contribution in [0.15, 0.2) is 24.5 Å². The first kappa shape index (κ1) is 6.46. The molecule has 0 spiro atoms. The van der Waals surface area contributed by atoms with Crippen molar-refractivity contribution in [3.8, 4) is 0 Å². The molecule has 11 heavy (non-hydrogen) atoms. The molecule has 1 saturated heterocycles. The molecule has 1 fully saturated rings. The van der Waals surface area contributed by atoms with Crippen molar-refractivity contribution in [2.45, 2.75) is 12.5 Å². The maximum absolute atomic E-state index is 10.8. The number of amides is 1. The van der Waals surface area contributed by atoms with Crippen molar-refractivity contribution < 1.29 is 4.79 Å². The maximum Gasteiger partial charge on any atom is 0.222 e. The maximum atomic E-state index is 10.8. The molecule has 58 valence electrons. The van der Waals surface area contributed by atoms with Crippen LogP contribution in [0.25, 0.3) is 0 Å². The lowest BCUT2D eigenvalue weighted by Crippen LogP contribution is -2.14. The van der Waals surface area contributed by atoms with Crippen LogP contribution in [0.3, 0.4) is 0 Å². The third-order valence-corrected chi connectivity index (χ3v) is 2.01. The lowest BCUT2D eigenvalue weighted by atomic mass is 10.2. The van der Waals surface area contributed by atoms with E-state index in [-0.39, 0.29) is 5.91 Å². The Morgan fingerprint density at radius 3 is 2.73 bits per heavy atom. The highest BCUT2D eigenvalue weighted by Crippen LogP contribution is 2.14. The van der Waals surface area contributed by atoms with Crippen LogP contribution in [0.1, 0.15) is 12.5 Å². The van der Waals surface area contributed by atoms with E-state index in [2.05, 4.69) is 9.88 Å². The van der Waals surface area contributed by atoms with Crippen LogP contribution in [0.4, 0.5) is 0 Å². The smallest absolute Gasteiger partial charge is 0.222 e. The minimum absolute atomic E-state index is 0.156. The lowest BCUT2D eigenvalue weighted by molar-refractivity contribution is -0.119. The number of hydrogen-bond donors (Lipinski definition) is 1.